The molecule has 0 amide bonds. The van der Waals surface area contributed by atoms with E-state index in [0.717, 1.165) is 48.6 Å². The molecule has 2 N–H and O–H groups in total. The molecule has 28 heavy (non-hydrogen) atoms. The third-order valence-corrected chi connectivity index (χ3v) is 5.19. The molecule has 5 rings (SSSR count). The highest BCUT2D eigenvalue weighted by atomic mass is 16.5. The van der Waals surface area contributed by atoms with Gasteiger partial charge in [-0.25, -0.2) is 9.97 Å². The summed E-state index contributed by atoms with van der Waals surface area (Å²) in [5.41, 5.74) is 2.32. The number of carboxylic acid groups (broad SMARTS) is 1. The molecule has 3 aromatic rings. The smallest absolute Gasteiger partial charge is 0.290 e. The molecule has 7 heteroatoms. The Morgan fingerprint density at radius 3 is 2.61 bits per heavy atom. The van der Waals surface area contributed by atoms with Gasteiger partial charge in [-0.3, -0.25) is 4.79 Å². The number of benzene rings is 2. The molecule has 7 nitrogen and oxygen atoms in total. The zero-order valence-corrected chi connectivity index (χ0v) is 15.3. The number of hydrogen-bond acceptors (Lipinski definition) is 6. The van der Waals surface area contributed by atoms with E-state index in [2.05, 4.69) is 27.0 Å². The van der Waals surface area contributed by atoms with Gasteiger partial charge in [-0.15, -0.1) is 0 Å². The van der Waals surface area contributed by atoms with Crippen molar-refractivity contribution in [3.05, 3.63) is 59.9 Å². The van der Waals surface area contributed by atoms with Crippen LogP contribution >= 0.6 is 0 Å². The molecule has 1 aromatic heterocycles. The second kappa shape index (κ2) is 7.44. The maximum absolute atomic E-state index is 9.48. The number of rotatable bonds is 2. The Kier molecular flexibility index (Phi) is 4.83. The molecule has 2 aromatic carbocycles. The number of anilines is 1. The highest BCUT2D eigenvalue weighted by Crippen LogP contribution is 2.43. The van der Waals surface area contributed by atoms with Crippen LogP contribution in [0.4, 0.5) is 5.82 Å². The SMILES string of the molecule is O=CO.OCc1nc(N2CC3(COc4ccccc4C3)C2)c2ccccc2n1. The van der Waals surface area contributed by atoms with E-state index in [1.165, 1.54) is 5.56 Å². The van der Waals surface area contributed by atoms with Crippen molar-refractivity contribution in [3.63, 3.8) is 0 Å². The summed E-state index contributed by atoms with van der Waals surface area (Å²) in [7, 11) is 0. The number of para-hydroxylation sites is 2. The molecule has 3 heterocycles. The van der Waals surface area contributed by atoms with E-state index < -0.39 is 0 Å². The molecular formula is C21H21N3O4. The number of aliphatic hydroxyl groups is 1. The average molecular weight is 379 g/mol. The zero-order chi connectivity index (χ0) is 19.6. The lowest BCUT2D eigenvalue weighted by Crippen LogP contribution is -2.61. The molecule has 0 unspecified atom stereocenters. The average Bonchev–Trinajstić information content (AvgIpc) is 2.71. The van der Waals surface area contributed by atoms with Gasteiger partial charge in [0.2, 0.25) is 0 Å². The molecule has 1 fully saturated rings. The molecule has 0 atom stereocenters. The minimum atomic E-state index is -0.250. The minimum absolute atomic E-state index is 0.146. The van der Waals surface area contributed by atoms with Gasteiger partial charge < -0.3 is 19.8 Å². The number of hydrogen-bond donors (Lipinski definition) is 2. The van der Waals surface area contributed by atoms with Gasteiger partial charge in [0.25, 0.3) is 6.47 Å². The topological polar surface area (TPSA) is 95.8 Å². The Balaban J connectivity index is 0.000000604. The monoisotopic (exact) mass is 379 g/mol. The van der Waals surface area contributed by atoms with Crippen molar-refractivity contribution in [2.24, 2.45) is 5.41 Å². The number of nitrogens with zero attached hydrogens (tertiary/aromatic N) is 3. The first-order chi connectivity index (χ1) is 13.7. The van der Waals surface area contributed by atoms with Gasteiger partial charge in [-0.1, -0.05) is 30.3 Å². The maximum Gasteiger partial charge on any atom is 0.290 e. The second-order valence-corrected chi connectivity index (χ2v) is 7.17. The molecule has 1 saturated heterocycles. The molecule has 0 saturated carbocycles. The molecule has 2 aliphatic heterocycles. The normalized spacial score (nSPS) is 16.4. The van der Waals surface area contributed by atoms with Crippen LogP contribution in [0.25, 0.3) is 10.9 Å². The third-order valence-electron chi connectivity index (χ3n) is 5.19. The molecule has 2 aliphatic rings. The summed E-state index contributed by atoms with van der Waals surface area (Å²) in [5.74, 6) is 2.40. The van der Waals surface area contributed by atoms with Crippen molar-refractivity contribution in [1.29, 1.82) is 0 Å². The highest BCUT2D eigenvalue weighted by molar-refractivity contribution is 5.90. The van der Waals surface area contributed by atoms with E-state index in [1.807, 2.05) is 36.4 Å². The summed E-state index contributed by atoms with van der Waals surface area (Å²) in [4.78, 5) is 19.6. The van der Waals surface area contributed by atoms with Crippen LogP contribution in [-0.4, -0.2) is 46.3 Å². The first-order valence-electron chi connectivity index (χ1n) is 9.08. The quantitative estimate of drug-likeness (QED) is 0.660. The van der Waals surface area contributed by atoms with Crippen molar-refractivity contribution in [2.75, 3.05) is 24.6 Å². The van der Waals surface area contributed by atoms with Crippen molar-refractivity contribution >= 4 is 23.2 Å². The second-order valence-electron chi connectivity index (χ2n) is 7.17. The Labute approximate surface area is 162 Å². The fraction of sp³-hybridized carbons (Fsp3) is 0.286. The van der Waals surface area contributed by atoms with Crippen LogP contribution in [0.1, 0.15) is 11.4 Å². The minimum Gasteiger partial charge on any atom is -0.493 e. The van der Waals surface area contributed by atoms with Crippen LogP contribution in [-0.2, 0) is 17.8 Å². The molecule has 0 bridgehead atoms. The molecule has 0 radical (unpaired) electrons. The Hall–Kier alpha value is -3.19. The summed E-state index contributed by atoms with van der Waals surface area (Å²) in [5, 5.41) is 17.4. The standard InChI is InChI=1S/C20H19N3O2.CH2O2/c24-10-18-21-16-7-3-2-6-15(16)19(22-18)23-11-20(12-23)9-14-5-1-4-8-17(14)25-13-20;2-1-3/h1-8,24H,9-13H2;1H,(H,2,3). The van der Waals surface area contributed by atoms with Crippen molar-refractivity contribution in [1.82, 2.24) is 9.97 Å². The lowest BCUT2D eigenvalue weighted by Gasteiger charge is -2.52. The van der Waals surface area contributed by atoms with Crippen molar-refractivity contribution in [3.8, 4) is 5.75 Å². The number of aliphatic hydroxyl groups excluding tert-OH is 1. The summed E-state index contributed by atoms with van der Waals surface area (Å²) < 4.78 is 6.00. The number of ether oxygens (including phenoxy) is 1. The van der Waals surface area contributed by atoms with Crippen LogP contribution in [0.3, 0.4) is 0 Å². The fourth-order valence-electron chi connectivity index (χ4n) is 4.01. The van der Waals surface area contributed by atoms with Gasteiger partial charge in [-0.2, -0.15) is 0 Å². The molecule has 0 aliphatic carbocycles. The predicted molar refractivity (Wildman–Crippen MR) is 104 cm³/mol. The van der Waals surface area contributed by atoms with Crippen LogP contribution in [0, 0.1) is 5.41 Å². The van der Waals surface area contributed by atoms with Gasteiger partial charge in [0, 0.05) is 23.9 Å². The van der Waals surface area contributed by atoms with Crippen LogP contribution in [0.15, 0.2) is 48.5 Å². The van der Waals surface area contributed by atoms with Gasteiger partial charge in [0.05, 0.1) is 12.1 Å². The van der Waals surface area contributed by atoms with E-state index in [1.54, 1.807) is 0 Å². The molecular weight excluding hydrogens is 358 g/mol. The van der Waals surface area contributed by atoms with Crippen molar-refractivity contribution < 1.29 is 19.7 Å². The Morgan fingerprint density at radius 1 is 1.11 bits per heavy atom. The van der Waals surface area contributed by atoms with Gasteiger partial charge in [-0.05, 0) is 30.2 Å². The largest absolute Gasteiger partial charge is 0.493 e. The lowest BCUT2D eigenvalue weighted by atomic mass is 9.74. The van der Waals surface area contributed by atoms with E-state index >= 15 is 0 Å². The summed E-state index contributed by atoms with van der Waals surface area (Å²) in [6.45, 7) is 2.17. The Bertz CT molecular complexity index is 1000. The lowest BCUT2D eigenvalue weighted by molar-refractivity contribution is -0.122. The van der Waals surface area contributed by atoms with Gasteiger partial charge in [0.1, 0.15) is 18.2 Å². The zero-order valence-electron chi connectivity index (χ0n) is 15.3. The van der Waals surface area contributed by atoms with Gasteiger partial charge in [0.15, 0.2) is 5.82 Å². The fourth-order valence-corrected chi connectivity index (χ4v) is 4.01. The first kappa shape index (κ1) is 18.2. The number of aromatic nitrogens is 2. The van der Waals surface area contributed by atoms with E-state index in [-0.39, 0.29) is 18.5 Å². The first-order valence-corrected chi connectivity index (χ1v) is 9.08. The highest BCUT2D eigenvalue weighted by Gasteiger charge is 2.47. The van der Waals surface area contributed by atoms with E-state index in [4.69, 9.17) is 14.6 Å². The summed E-state index contributed by atoms with van der Waals surface area (Å²) in [6, 6.07) is 16.3. The summed E-state index contributed by atoms with van der Waals surface area (Å²) >= 11 is 0. The van der Waals surface area contributed by atoms with Gasteiger partial charge >= 0.3 is 0 Å². The predicted octanol–water partition coefficient (Wildman–Crippen LogP) is 2.26. The van der Waals surface area contributed by atoms with Crippen LogP contribution in [0.5, 0.6) is 5.75 Å². The van der Waals surface area contributed by atoms with Crippen molar-refractivity contribution in [2.45, 2.75) is 13.0 Å². The molecule has 144 valence electrons. The number of carbonyl (C=O) groups is 1. The van der Waals surface area contributed by atoms with Crippen LogP contribution in [0.2, 0.25) is 0 Å². The maximum atomic E-state index is 9.48. The third kappa shape index (κ3) is 3.25. The van der Waals surface area contributed by atoms with E-state index in [9.17, 15) is 5.11 Å². The Morgan fingerprint density at radius 2 is 1.82 bits per heavy atom. The summed E-state index contributed by atoms with van der Waals surface area (Å²) in [6.07, 6.45) is 1.04. The molecule has 1 spiro atoms. The number of fused-ring (bicyclic) bond motifs is 2. The van der Waals surface area contributed by atoms with E-state index in [0.29, 0.717) is 5.82 Å². The van der Waals surface area contributed by atoms with Crippen LogP contribution < -0.4 is 9.64 Å².